The number of nitrogens with one attached hydrogen (secondary N) is 1. The van der Waals surface area contributed by atoms with Gasteiger partial charge in [-0.05, 0) is 49.9 Å². The molecule has 1 aromatic carbocycles. The number of carbonyl (C=O) groups is 1. The predicted molar refractivity (Wildman–Crippen MR) is 99.5 cm³/mol. The van der Waals surface area contributed by atoms with Gasteiger partial charge in [0.25, 0.3) is 0 Å². The van der Waals surface area contributed by atoms with Crippen LogP contribution in [0.4, 0.5) is 0 Å². The number of piperidine rings is 1. The lowest BCUT2D eigenvalue weighted by Gasteiger charge is -2.33. The van der Waals surface area contributed by atoms with Gasteiger partial charge in [0.1, 0.15) is 5.75 Å². The van der Waals surface area contributed by atoms with E-state index >= 15 is 0 Å². The fourth-order valence-electron chi connectivity index (χ4n) is 3.86. The minimum atomic E-state index is -3.55. The maximum atomic E-state index is 12.9. The van der Waals surface area contributed by atoms with Crippen molar-refractivity contribution in [3.8, 4) is 5.75 Å². The fraction of sp³-hybridized carbons (Fsp3) is 0.632. The third kappa shape index (κ3) is 4.38. The normalized spacial score (nSPS) is 22.7. The summed E-state index contributed by atoms with van der Waals surface area (Å²) in [6, 6.07) is 6.33. The second-order valence-electron chi connectivity index (χ2n) is 7.22. The number of benzene rings is 1. The Morgan fingerprint density at radius 3 is 2.42 bits per heavy atom. The number of methoxy groups -OCH3 is 1. The summed E-state index contributed by atoms with van der Waals surface area (Å²) in [5, 5.41) is 3.10. The molecular weight excluding hydrogens is 352 g/mol. The zero-order valence-corrected chi connectivity index (χ0v) is 16.1. The van der Waals surface area contributed by atoms with Gasteiger partial charge in [-0.3, -0.25) is 4.79 Å². The van der Waals surface area contributed by atoms with Crippen molar-refractivity contribution in [3.63, 3.8) is 0 Å². The third-order valence-electron chi connectivity index (χ3n) is 5.40. The van der Waals surface area contributed by atoms with E-state index in [9.17, 15) is 13.2 Å². The van der Waals surface area contributed by atoms with Crippen LogP contribution in [0, 0.1) is 5.92 Å². The highest BCUT2D eigenvalue weighted by atomic mass is 32.2. The largest absolute Gasteiger partial charge is 0.497 e. The standard InChI is InChI=1S/C19H28N2O4S/c1-25-17-9-11-18(12-10-17)26(23,24)21-13-5-8-16(14-21)20-19(22)15-6-3-2-4-7-15/h9-12,15-16H,2-8,13-14H2,1H3,(H,20,22)/t16-/m0/s1. The van der Waals surface area contributed by atoms with Crippen molar-refractivity contribution in [1.29, 1.82) is 0 Å². The molecule has 1 N–H and O–H groups in total. The van der Waals surface area contributed by atoms with Gasteiger partial charge in [0.2, 0.25) is 15.9 Å². The van der Waals surface area contributed by atoms with Crippen LogP contribution >= 0.6 is 0 Å². The molecule has 1 heterocycles. The molecule has 1 saturated heterocycles. The molecule has 0 spiro atoms. The minimum absolute atomic E-state index is 0.0947. The first-order chi connectivity index (χ1) is 12.5. The van der Waals surface area contributed by atoms with Crippen molar-refractivity contribution < 1.29 is 17.9 Å². The van der Waals surface area contributed by atoms with Gasteiger partial charge in [-0.15, -0.1) is 0 Å². The van der Waals surface area contributed by atoms with Gasteiger partial charge in [-0.2, -0.15) is 4.31 Å². The number of hydrogen-bond donors (Lipinski definition) is 1. The smallest absolute Gasteiger partial charge is 0.243 e. The highest BCUT2D eigenvalue weighted by Gasteiger charge is 2.32. The SMILES string of the molecule is COc1ccc(S(=O)(=O)N2CCC[C@H](NC(=O)C3CCCCC3)C2)cc1. The molecule has 1 aliphatic carbocycles. The lowest BCUT2D eigenvalue weighted by atomic mass is 9.88. The number of hydrogen-bond acceptors (Lipinski definition) is 4. The number of ether oxygens (including phenoxy) is 1. The first-order valence-electron chi connectivity index (χ1n) is 9.45. The van der Waals surface area contributed by atoms with Crippen molar-refractivity contribution in [2.45, 2.75) is 55.9 Å². The molecule has 0 aromatic heterocycles. The summed E-state index contributed by atoms with van der Waals surface area (Å²) in [7, 11) is -2.00. The molecule has 7 heteroatoms. The Morgan fingerprint density at radius 1 is 1.08 bits per heavy atom. The van der Waals surface area contributed by atoms with Gasteiger partial charge < -0.3 is 10.1 Å². The topological polar surface area (TPSA) is 75.7 Å². The van der Waals surface area contributed by atoms with E-state index in [0.29, 0.717) is 18.8 Å². The molecule has 1 atom stereocenters. The lowest BCUT2D eigenvalue weighted by Crippen LogP contribution is -2.50. The van der Waals surface area contributed by atoms with Crippen LogP contribution in [-0.4, -0.2) is 44.9 Å². The molecule has 1 aromatic rings. The number of carbonyl (C=O) groups excluding carboxylic acids is 1. The van der Waals surface area contributed by atoms with E-state index in [2.05, 4.69) is 5.32 Å². The first-order valence-corrected chi connectivity index (χ1v) is 10.9. The maximum Gasteiger partial charge on any atom is 0.243 e. The molecule has 3 rings (SSSR count). The summed E-state index contributed by atoms with van der Waals surface area (Å²) in [5.74, 6) is 0.816. The second-order valence-corrected chi connectivity index (χ2v) is 9.16. The van der Waals surface area contributed by atoms with Crippen LogP contribution in [0.25, 0.3) is 0 Å². The zero-order chi connectivity index (χ0) is 18.6. The van der Waals surface area contributed by atoms with Crippen LogP contribution in [-0.2, 0) is 14.8 Å². The van der Waals surface area contributed by atoms with Crippen molar-refractivity contribution in [3.05, 3.63) is 24.3 Å². The van der Waals surface area contributed by atoms with Crippen LogP contribution in [0.1, 0.15) is 44.9 Å². The molecule has 2 aliphatic rings. The van der Waals surface area contributed by atoms with E-state index in [0.717, 1.165) is 38.5 Å². The third-order valence-corrected chi connectivity index (χ3v) is 7.28. The summed E-state index contributed by atoms with van der Waals surface area (Å²) in [5.41, 5.74) is 0. The predicted octanol–water partition coefficient (Wildman–Crippen LogP) is 2.54. The van der Waals surface area contributed by atoms with Crippen molar-refractivity contribution >= 4 is 15.9 Å². The molecule has 1 aliphatic heterocycles. The van der Waals surface area contributed by atoms with Crippen LogP contribution in [0.15, 0.2) is 29.2 Å². The van der Waals surface area contributed by atoms with E-state index in [-0.39, 0.29) is 22.8 Å². The van der Waals surface area contributed by atoms with Crippen molar-refractivity contribution in [2.24, 2.45) is 5.92 Å². The van der Waals surface area contributed by atoms with E-state index in [1.807, 2.05) is 0 Å². The Kier molecular flexibility index (Phi) is 6.19. The van der Waals surface area contributed by atoms with E-state index in [4.69, 9.17) is 4.74 Å². The summed E-state index contributed by atoms with van der Waals surface area (Å²) < 4.78 is 32.4. The highest BCUT2D eigenvalue weighted by Crippen LogP contribution is 2.25. The molecule has 0 bridgehead atoms. The van der Waals surface area contributed by atoms with Gasteiger partial charge in [-0.1, -0.05) is 19.3 Å². The Balaban J connectivity index is 1.64. The lowest BCUT2D eigenvalue weighted by molar-refractivity contribution is -0.126. The van der Waals surface area contributed by atoms with Crippen molar-refractivity contribution in [2.75, 3.05) is 20.2 Å². The summed E-state index contributed by atoms with van der Waals surface area (Å²) in [4.78, 5) is 12.7. The summed E-state index contributed by atoms with van der Waals surface area (Å²) >= 11 is 0. The molecular formula is C19H28N2O4S. The van der Waals surface area contributed by atoms with E-state index in [1.165, 1.54) is 10.7 Å². The number of nitrogens with zero attached hydrogens (tertiary/aromatic N) is 1. The van der Waals surface area contributed by atoms with Crippen LogP contribution in [0.2, 0.25) is 0 Å². The van der Waals surface area contributed by atoms with E-state index in [1.54, 1.807) is 31.4 Å². The molecule has 144 valence electrons. The number of rotatable bonds is 5. The molecule has 6 nitrogen and oxygen atoms in total. The quantitative estimate of drug-likeness (QED) is 0.852. The first kappa shape index (κ1) is 19.2. The van der Waals surface area contributed by atoms with Crippen LogP contribution < -0.4 is 10.1 Å². The van der Waals surface area contributed by atoms with Crippen molar-refractivity contribution in [1.82, 2.24) is 9.62 Å². The van der Waals surface area contributed by atoms with E-state index < -0.39 is 10.0 Å². The second kappa shape index (κ2) is 8.39. The fourth-order valence-corrected chi connectivity index (χ4v) is 5.38. The van der Waals surface area contributed by atoms with Gasteiger partial charge in [0.05, 0.1) is 12.0 Å². The average molecular weight is 381 g/mol. The number of amides is 1. The van der Waals surface area contributed by atoms with Gasteiger partial charge in [-0.25, -0.2) is 8.42 Å². The summed E-state index contributed by atoms with van der Waals surface area (Å²) in [6.45, 7) is 0.830. The minimum Gasteiger partial charge on any atom is -0.497 e. The van der Waals surface area contributed by atoms with Gasteiger partial charge in [0.15, 0.2) is 0 Å². The zero-order valence-electron chi connectivity index (χ0n) is 15.3. The monoisotopic (exact) mass is 380 g/mol. The number of sulfonamides is 1. The maximum absolute atomic E-state index is 12.9. The Hall–Kier alpha value is -1.60. The molecule has 0 unspecified atom stereocenters. The summed E-state index contributed by atoms with van der Waals surface area (Å²) in [6.07, 6.45) is 6.92. The molecule has 26 heavy (non-hydrogen) atoms. The molecule has 1 amide bonds. The Labute approximate surface area is 156 Å². The molecule has 2 fully saturated rings. The average Bonchev–Trinajstić information content (AvgIpc) is 2.69. The van der Waals surface area contributed by atoms with Gasteiger partial charge >= 0.3 is 0 Å². The Morgan fingerprint density at radius 2 is 1.77 bits per heavy atom. The van der Waals surface area contributed by atoms with Crippen LogP contribution in [0.3, 0.4) is 0 Å². The highest BCUT2D eigenvalue weighted by molar-refractivity contribution is 7.89. The Bertz CT molecular complexity index is 712. The van der Waals surface area contributed by atoms with Gasteiger partial charge in [0, 0.05) is 25.0 Å². The molecule has 0 radical (unpaired) electrons. The van der Waals surface area contributed by atoms with Crippen LogP contribution in [0.5, 0.6) is 5.75 Å². The molecule has 1 saturated carbocycles.